The maximum atomic E-state index is 11.8. The Hall–Kier alpha value is -2.43. The van der Waals surface area contributed by atoms with E-state index in [1.165, 1.54) is 19.9 Å². The SMILES string of the molecule is CC(=O)Oc1cccc2c(C=O)c(C)oc(=O)c12. The van der Waals surface area contributed by atoms with Crippen LogP contribution in [-0.2, 0) is 4.79 Å². The Labute approximate surface area is 102 Å². The van der Waals surface area contributed by atoms with Gasteiger partial charge in [-0.15, -0.1) is 0 Å². The number of aldehydes is 1. The number of fused-ring (bicyclic) bond motifs is 1. The van der Waals surface area contributed by atoms with Crippen molar-refractivity contribution >= 4 is 23.0 Å². The van der Waals surface area contributed by atoms with Crippen LogP contribution in [0.3, 0.4) is 0 Å². The largest absolute Gasteiger partial charge is 0.427 e. The minimum atomic E-state index is -0.634. The molecule has 18 heavy (non-hydrogen) atoms. The molecular weight excluding hydrogens is 236 g/mol. The number of rotatable bonds is 2. The summed E-state index contributed by atoms with van der Waals surface area (Å²) in [6, 6.07) is 4.69. The molecular formula is C13H10O5. The Kier molecular flexibility index (Phi) is 2.97. The molecule has 0 saturated heterocycles. The van der Waals surface area contributed by atoms with E-state index in [1.54, 1.807) is 12.1 Å². The van der Waals surface area contributed by atoms with Crippen molar-refractivity contribution in [3.8, 4) is 5.75 Å². The molecule has 0 saturated carbocycles. The predicted molar refractivity (Wildman–Crippen MR) is 63.9 cm³/mol. The molecule has 0 atom stereocenters. The van der Waals surface area contributed by atoms with Gasteiger partial charge in [0, 0.05) is 12.3 Å². The molecule has 5 heteroatoms. The normalized spacial score (nSPS) is 10.3. The van der Waals surface area contributed by atoms with Gasteiger partial charge < -0.3 is 9.15 Å². The van der Waals surface area contributed by atoms with Crippen molar-refractivity contribution in [2.75, 3.05) is 0 Å². The average molecular weight is 246 g/mol. The smallest absolute Gasteiger partial charge is 0.347 e. The van der Waals surface area contributed by atoms with Gasteiger partial charge >= 0.3 is 11.6 Å². The molecule has 1 heterocycles. The van der Waals surface area contributed by atoms with Crippen LogP contribution in [-0.4, -0.2) is 12.3 Å². The van der Waals surface area contributed by atoms with Crippen LogP contribution in [0.1, 0.15) is 23.0 Å². The zero-order valence-corrected chi connectivity index (χ0v) is 9.85. The molecule has 0 fully saturated rings. The fraction of sp³-hybridized carbons (Fsp3) is 0.154. The van der Waals surface area contributed by atoms with Crippen LogP contribution >= 0.6 is 0 Å². The Morgan fingerprint density at radius 2 is 2.11 bits per heavy atom. The quantitative estimate of drug-likeness (QED) is 0.459. The number of benzene rings is 1. The van der Waals surface area contributed by atoms with Crippen LogP contribution in [0.4, 0.5) is 0 Å². The fourth-order valence-corrected chi connectivity index (χ4v) is 1.79. The summed E-state index contributed by atoms with van der Waals surface area (Å²) in [5.74, 6) is -0.213. The number of hydrogen-bond donors (Lipinski definition) is 0. The number of esters is 1. The minimum Gasteiger partial charge on any atom is -0.427 e. The minimum absolute atomic E-state index is 0.0943. The van der Waals surface area contributed by atoms with E-state index in [1.807, 2.05) is 0 Å². The van der Waals surface area contributed by atoms with Crippen molar-refractivity contribution < 1.29 is 18.7 Å². The van der Waals surface area contributed by atoms with Gasteiger partial charge in [0.15, 0.2) is 6.29 Å². The second-order valence-electron chi connectivity index (χ2n) is 3.75. The molecule has 92 valence electrons. The summed E-state index contributed by atoms with van der Waals surface area (Å²) in [6.07, 6.45) is 0.609. The molecule has 0 aliphatic carbocycles. The molecule has 0 N–H and O–H groups in total. The van der Waals surface area contributed by atoms with Crippen molar-refractivity contribution in [3.63, 3.8) is 0 Å². The second kappa shape index (κ2) is 4.44. The molecule has 0 amide bonds. The number of carbonyl (C=O) groups is 2. The summed E-state index contributed by atoms with van der Waals surface area (Å²) < 4.78 is 9.89. The molecule has 5 nitrogen and oxygen atoms in total. The highest BCUT2D eigenvalue weighted by molar-refractivity contribution is 6.01. The van der Waals surface area contributed by atoms with Gasteiger partial charge in [-0.3, -0.25) is 9.59 Å². The van der Waals surface area contributed by atoms with Crippen molar-refractivity contribution in [3.05, 3.63) is 39.9 Å². The van der Waals surface area contributed by atoms with E-state index >= 15 is 0 Å². The van der Waals surface area contributed by atoms with E-state index in [2.05, 4.69) is 0 Å². The molecule has 0 unspecified atom stereocenters. The zero-order chi connectivity index (χ0) is 13.3. The summed E-state index contributed by atoms with van der Waals surface area (Å²) in [5, 5.41) is 0.512. The van der Waals surface area contributed by atoms with E-state index in [-0.39, 0.29) is 22.5 Å². The van der Waals surface area contributed by atoms with Gasteiger partial charge in [-0.1, -0.05) is 12.1 Å². The van der Waals surface area contributed by atoms with Gasteiger partial charge in [0.05, 0.1) is 5.56 Å². The molecule has 0 aliphatic heterocycles. The Balaban J connectivity index is 2.89. The monoisotopic (exact) mass is 246 g/mol. The standard InChI is InChI=1S/C13H10O5/c1-7-10(6-14)9-4-3-5-11(18-8(2)15)12(9)13(16)17-7/h3-6H,1-2H3. The lowest BCUT2D eigenvalue weighted by Crippen LogP contribution is -2.09. The van der Waals surface area contributed by atoms with Crippen LogP contribution in [0, 0.1) is 6.92 Å². The van der Waals surface area contributed by atoms with Crippen LogP contribution in [0.25, 0.3) is 10.8 Å². The lowest BCUT2D eigenvalue weighted by molar-refractivity contribution is -0.131. The van der Waals surface area contributed by atoms with Crippen LogP contribution in [0.5, 0.6) is 5.75 Å². The first-order chi connectivity index (χ1) is 8.54. The Morgan fingerprint density at radius 1 is 1.39 bits per heavy atom. The summed E-state index contributed by atoms with van der Waals surface area (Å²) in [7, 11) is 0. The van der Waals surface area contributed by atoms with E-state index < -0.39 is 11.6 Å². The van der Waals surface area contributed by atoms with Gasteiger partial charge in [-0.25, -0.2) is 4.79 Å². The van der Waals surface area contributed by atoms with Crippen LogP contribution < -0.4 is 10.4 Å². The van der Waals surface area contributed by atoms with Gasteiger partial charge in [-0.05, 0) is 13.0 Å². The Morgan fingerprint density at radius 3 is 2.72 bits per heavy atom. The van der Waals surface area contributed by atoms with Gasteiger partial charge in [0.2, 0.25) is 0 Å². The summed E-state index contributed by atoms with van der Waals surface area (Å²) >= 11 is 0. The first-order valence-electron chi connectivity index (χ1n) is 5.24. The molecule has 2 aromatic rings. The molecule has 0 aliphatic rings. The summed E-state index contributed by atoms with van der Waals surface area (Å²) in [6.45, 7) is 2.76. The first kappa shape index (κ1) is 12.0. The third kappa shape index (κ3) is 1.90. The third-order valence-electron chi connectivity index (χ3n) is 2.52. The van der Waals surface area contributed by atoms with E-state index in [0.29, 0.717) is 11.7 Å². The van der Waals surface area contributed by atoms with E-state index in [4.69, 9.17) is 9.15 Å². The molecule has 2 rings (SSSR count). The number of ether oxygens (including phenoxy) is 1. The van der Waals surface area contributed by atoms with Crippen molar-refractivity contribution in [1.29, 1.82) is 0 Å². The maximum Gasteiger partial charge on any atom is 0.347 e. The highest BCUT2D eigenvalue weighted by Crippen LogP contribution is 2.26. The Bertz CT molecular complexity index is 696. The molecule has 1 aromatic carbocycles. The highest BCUT2D eigenvalue weighted by Gasteiger charge is 2.15. The maximum absolute atomic E-state index is 11.8. The molecule has 0 bridgehead atoms. The van der Waals surface area contributed by atoms with Gasteiger partial charge in [-0.2, -0.15) is 0 Å². The lowest BCUT2D eigenvalue weighted by Gasteiger charge is -2.07. The van der Waals surface area contributed by atoms with Crippen LogP contribution in [0.15, 0.2) is 27.4 Å². The van der Waals surface area contributed by atoms with Gasteiger partial charge in [0.25, 0.3) is 0 Å². The molecule has 0 radical (unpaired) electrons. The highest BCUT2D eigenvalue weighted by atomic mass is 16.5. The van der Waals surface area contributed by atoms with E-state index in [9.17, 15) is 14.4 Å². The summed E-state index contributed by atoms with van der Waals surface area (Å²) in [4.78, 5) is 33.8. The molecule has 0 spiro atoms. The van der Waals surface area contributed by atoms with Crippen LogP contribution in [0.2, 0.25) is 0 Å². The molecule has 1 aromatic heterocycles. The fourth-order valence-electron chi connectivity index (χ4n) is 1.79. The van der Waals surface area contributed by atoms with Gasteiger partial charge in [0.1, 0.15) is 16.9 Å². The number of carbonyl (C=O) groups excluding carboxylic acids is 2. The predicted octanol–water partition coefficient (Wildman–Crippen LogP) is 1.84. The van der Waals surface area contributed by atoms with E-state index in [0.717, 1.165) is 0 Å². The number of hydrogen-bond acceptors (Lipinski definition) is 5. The number of aryl methyl sites for hydroxylation is 1. The first-order valence-corrected chi connectivity index (χ1v) is 5.24. The zero-order valence-electron chi connectivity index (χ0n) is 9.85. The van der Waals surface area contributed by atoms with Crippen molar-refractivity contribution in [2.24, 2.45) is 0 Å². The summed E-state index contributed by atoms with van der Waals surface area (Å²) in [5.41, 5.74) is -0.358. The van der Waals surface area contributed by atoms with Crippen molar-refractivity contribution in [2.45, 2.75) is 13.8 Å². The van der Waals surface area contributed by atoms with Crippen molar-refractivity contribution in [1.82, 2.24) is 0 Å². The third-order valence-corrected chi connectivity index (χ3v) is 2.52. The lowest BCUT2D eigenvalue weighted by atomic mass is 10.1. The topological polar surface area (TPSA) is 73.6 Å². The second-order valence-corrected chi connectivity index (χ2v) is 3.75. The average Bonchev–Trinajstić information content (AvgIpc) is 2.28.